The van der Waals surface area contributed by atoms with Crippen LogP contribution in [0.15, 0.2) is 6.07 Å². The van der Waals surface area contributed by atoms with Gasteiger partial charge in [-0.15, -0.1) is 0 Å². The molecule has 1 saturated carbocycles. The van der Waals surface area contributed by atoms with E-state index in [0.717, 1.165) is 18.9 Å². The quantitative estimate of drug-likeness (QED) is 0.869. The van der Waals surface area contributed by atoms with Crippen molar-refractivity contribution in [3.63, 3.8) is 0 Å². The minimum atomic E-state index is 0.712. The van der Waals surface area contributed by atoms with Gasteiger partial charge in [-0.1, -0.05) is 33.1 Å². The van der Waals surface area contributed by atoms with Crippen LogP contribution in [0.4, 0.5) is 0 Å². The van der Waals surface area contributed by atoms with Crippen molar-refractivity contribution < 1.29 is 0 Å². The minimum Gasteiger partial charge on any atom is -0.308 e. The van der Waals surface area contributed by atoms with Gasteiger partial charge < -0.3 is 5.32 Å². The monoisotopic (exact) mass is 249 g/mol. The first-order valence-electron chi connectivity index (χ1n) is 7.49. The summed E-state index contributed by atoms with van der Waals surface area (Å²) in [6.45, 7) is 5.45. The number of rotatable bonds is 5. The van der Waals surface area contributed by atoms with Crippen molar-refractivity contribution in [3.8, 4) is 0 Å². The van der Waals surface area contributed by atoms with Crippen LogP contribution in [0.3, 0.4) is 0 Å². The lowest BCUT2D eigenvalue weighted by Gasteiger charge is -2.31. The maximum Gasteiger partial charge on any atom is 0.0625 e. The predicted octanol–water partition coefficient (Wildman–Crippen LogP) is 3.04. The number of hydrogen-bond donors (Lipinski definition) is 1. The summed E-state index contributed by atoms with van der Waals surface area (Å²) >= 11 is 0. The zero-order chi connectivity index (χ0) is 13.0. The molecule has 1 heterocycles. The molecule has 3 heteroatoms. The molecule has 1 N–H and O–H groups in total. The molecule has 1 aliphatic rings. The Labute approximate surface area is 111 Å². The van der Waals surface area contributed by atoms with Crippen molar-refractivity contribution in [1.82, 2.24) is 15.1 Å². The smallest absolute Gasteiger partial charge is 0.0625 e. The topological polar surface area (TPSA) is 29.9 Å². The average molecular weight is 249 g/mol. The number of hydrogen-bond acceptors (Lipinski definition) is 2. The summed E-state index contributed by atoms with van der Waals surface area (Å²) in [5.74, 6) is 0.873. The molecule has 18 heavy (non-hydrogen) atoms. The van der Waals surface area contributed by atoms with Crippen LogP contribution in [0.5, 0.6) is 0 Å². The fraction of sp³-hybridized carbons (Fsp3) is 0.800. The third-order valence-corrected chi connectivity index (χ3v) is 4.37. The molecule has 2 atom stereocenters. The van der Waals surface area contributed by atoms with E-state index in [-0.39, 0.29) is 0 Å². The molecule has 0 radical (unpaired) electrons. The summed E-state index contributed by atoms with van der Waals surface area (Å²) < 4.78 is 2.02. The summed E-state index contributed by atoms with van der Waals surface area (Å²) in [7, 11) is 2.05. The fourth-order valence-corrected chi connectivity index (χ4v) is 3.11. The Balaban J connectivity index is 1.91. The highest BCUT2D eigenvalue weighted by Crippen LogP contribution is 2.27. The molecule has 0 aliphatic heterocycles. The van der Waals surface area contributed by atoms with Gasteiger partial charge in [-0.2, -0.15) is 5.10 Å². The lowest BCUT2D eigenvalue weighted by Crippen LogP contribution is -2.38. The Hall–Kier alpha value is -0.830. The molecule has 3 nitrogen and oxygen atoms in total. The normalized spacial score (nSPS) is 24.4. The minimum absolute atomic E-state index is 0.712. The van der Waals surface area contributed by atoms with E-state index < -0.39 is 0 Å². The molecule has 0 amide bonds. The Morgan fingerprint density at radius 3 is 2.78 bits per heavy atom. The Bertz CT molecular complexity index is 370. The summed E-state index contributed by atoms with van der Waals surface area (Å²) in [5.41, 5.74) is 2.51. The van der Waals surface area contributed by atoms with E-state index in [1.165, 1.54) is 43.5 Å². The third kappa shape index (κ3) is 3.14. The highest BCUT2D eigenvalue weighted by atomic mass is 15.3. The molecular formula is C15H27N3. The van der Waals surface area contributed by atoms with Gasteiger partial charge in [0.15, 0.2) is 0 Å². The second-order valence-corrected chi connectivity index (χ2v) is 5.54. The van der Waals surface area contributed by atoms with Crippen LogP contribution in [0.25, 0.3) is 0 Å². The summed E-state index contributed by atoms with van der Waals surface area (Å²) in [4.78, 5) is 0. The van der Waals surface area contributed by atoms with Crippen molar-refractivity contribution in [2.75, 3.05) is 0 Å². The van der Waals surface area contributed by atoms with Crippen LogP contribution in [0.1, 0.15) is 57.3 Å². The van der Waals surface area contributed by atoms with Gasteiger partial charge in [0.2, 0.25) is 0 Å². The Morgan fingerprint density at radius 1 is 1.33 bits per heavy atom. The van der Waals surface area contributed by atoms with Crippen molar-refractivity contribution in [2.24, 2.45) is 13.0 Å². The molecule has 0 aromatic carbocycles. The summed E-state index contributed by atoms with van der Waals surface area (Å²) in [6.07, 6.45) is 7.89. The first-order valence-corrected chi connectivity index (χ1v) is 7.49. The standard InChI is InChI=1S/C15H27N3/c1-4-12-8-6-7-9-15(12)16-11-14-10-13(5-2)17-18(14)3/h10,12,15-16H,4-9,11H2,1-3H3. The molecule has 1 aromatic rings. The van der Waals surface area contributed by atoms with E-state index in [9.17, 15) is 0 Å². The van der Waals surface area contributed by atoms with E-state index in [1.54, 1.807) is 0 Å². The summed E-state index contributed by atoms with van der Waals surface area (Å²) in [5, 5.41) is 8.27. The molecule has 2 unspecified atom stereocenters. The van der Waals surface area contributed by atoms with Crippen molar-refractivity contribution in [1.29, 1.82) is 0 Å². The van der Waals surface area contributed by atoms with E-state index in [4.69, 9.17) is 0 Å². The van der Waals surface area contributed by atoms with Gasteiger partial charge in [-0.05, 0) is 31.2 Å². The number of nitrogens with one attached hydrogen (secondary N) is 1. The van der Waals surface area contributed by atoms with Gasteiger partial charge in [-0.3, -0.25) is 4.68 Å². The zero-order valence-electron chi connectivity index (χ0n) is 12.1. The second kappa shape index (κ2) is 6.37. The van der Waals surface area contributed by atoms with E-state index in [0.29, 0.717) is 6.04 Å². The lowest BCUT2D eigenvalue weighted by atomic mass is 9.83. The molecule has 1 fully saturated rings. The highest BCUT2D eigenvalue weighted by Gasteiger charge is 2.23. The fourth-order valence-electron chi connectivity index (χ4n) is 3.11. The second-order valence-electron chi connectivity index (χ2n) is 5.54. The average Bonchev–Trinajstić information content (AvgIpc) is 2.77. The SMILES string of the molecule is CCc1cc(CNC2CCCCC2CC)n(C)n1. The van der Waals surface area contributed by atoms with Crippen LogP contribution in [-0.2, 0) is 20.0 Å². The van der Waals surface area contributed by atoms with Crippen LogP contribution in [0, 0.1) is 5.92 Å². The zero-order valence-corrected chi connectivity index (χ0v) is 12.1. The van der Waals surface area contributed by atoms with Crippen LogP contribution < -0.4 is 5.32 Å². The van der Waals surface area contributed by atoms with Crippen molar-refractivity contribution in [2.45, 2.75) is 65.0 Å². The van der Waals surface area contributed by atoms with Gasteiger partial charge in [0.25, 0.3) is 0 Å². The number of aryl methyl sites for hydroxylation is 2. The molecule has 0 bridgehead atoms. The predicted molar refractivity (Wildman–Crippen MR) is 75.5 cm³/mol. The lowest BCUT2D eigenvalue weighted by molar-refractivity contribution is 0.253. The maximum absolute atomic E-state index is 4.51. The molecule has 0 saturated heterocycles. The van der Waals surface area contributed by atoms with E-state index >= 15 is 0 Å². The molecule has 1 aliphatic carbocycles. The number of nitrogens with zero attached hydrogens (tertiary/aromatic N) is 2. The van der Waals surface area contributed by atoms with Crippen molar-refractivity contribution >= 4 is 0 Å². The van der Waals surface area contributed by atoms with Crippen LogP contribution in [0.2, 0.25) is 0 Å². The maximum atomic E-state index is 4.51. The highest BCUT2D eigenvalue weighted by molar-refractivity contribution is 5.10. The molecule has 102 valence electrons. The van der Waals surface area contributed by atoms with Gasteiger partial charge in [0.05, 0.1) is 11.4 Å². The van der Waals surface area contributed by atoms with Crippen LogP contribution >= 0.6 is 0 Å². The van der Waals surface area contributed by atoms with Crippen LogP contribution in [-0.4, -0.2) is 15.8 Å². The van der Waals surface area contributed by atoms with Gasteiger partial charge in [0, 0.05) is 19.6 Å². The molecule has 0 spiro atoms. The van der Waals surface area contributed by atoms with Gasteiger partial charge in [0.1, 0.15) is 0 Å². The third-order valence-electron chi connectivity index (χ3n) is 4.37. The van der Waals surface area contributed by atoms with E-state index in [1.807, 2.05) is 11.7 Å². The first-order chi connectivity index (χ1) is 8.74. The Kier molecular flexibility index (Phi) is 4.81. The number of aromatic nitrogens is 2. The van der Waals surface area contributed by atoms with Gasteiger partial charge >= 0.3 is 0 Å². The molecule has 1 aromatic heterocycles. The molecular weight excluding hydrogens is 222 g/mol. The first kappa shape index (κ1) is 13.6. The largest absolute Gasteiger partial charge is 0.308 e. The van der Waals surface area contributed by atoms with Gasteiger partial charge in [-0.25, -0.2) is 0 Å². The van der Waals surface area contributed by atoms with Crippen molar-refractivity contribution in [3.05, 3.63) is 17.5 Å². The van der Waals surface area contributed by atoms with E-state index in [2.05, 4.69) is 30.3 Å². The summed E-state index contributed by atoms with van der Waals surface area (Å²) in [6, 6.07) is 2.94. The molecule has 2 rings (SSSR count). The Morgan fingerprint density at radius 2 is 2.11 bits per heavy atom.